The van der Waals surface area contributed by atoms with Gasteiger partial charge in [-0.3, -0.25) is 9.78 Å². The number of phenols is 2. The molecule has 306 valence electrons. The molecule has 2 fully saturated rings. The van der Waals surface area contributed by atoms with Crippen LogP contribution in [-0.2, 0) is 11.2 Å². The minimum absolute atomic E-state index is 0.0807. The normalized spacial score (nSPS) is 14.8. The molecule has 3 aromatic heterocycles. The highest BCUT2D eigenvalue weighted by Crippen LogP contribution is 2.35. The minimum Gasteiger partial charge on any atom is -0.507 e. The third-order valence-corrected chi connectivity index (χ3v) is 11.3. The molecule has 0 atom stereocenters. The molecule has 0 bridgehead atoms. The van der Waals surface area contributed by atoms with E-state index in [1.54, 1.807) is 30.5 Å². The maximum atomic E-state index is 12.5. The van der Waals surface area contributed by atoms with Gasteiger partial charge in [-0.2, -0.15) is 0 Å². The zero-order chi connectivity index (χ0) is 41.6. The van der Waals surface area contributed by atoms with Crippen LogP contribution in [0.3, 0.4) is 0 Å². The lowest BCUT2D eigenvalue weighted by molar-refractivity contribution is -0.121. The number of para-hydroxylation sites is 2. The van der Waals surface area contributed by atoms with Crippen LogP contribution >= 0.6 is 0 Å². The molecular formula is C48H51N9O3. The number of hydrogen-bond acceptors (Lipinski definition) is 11. The van der Waals surface area contributed by atoms with Gasteiger partial charge in [0.15, 0.2) is 11.6 Å². The van der Waals surface area contributed by atoms with Crippen molar-refractivity contribution in [3.05, 3.63) is 126 Å². The summed E-state index contributed by atoms with van der Waals surface area (Å²) in [5.74, 6) is 3.31. The van der Waals surface area contributed by atoms with Crippen molar-refractivity contribution in [2.24, 2.45) is 5.73 Å². The Labute approximate surface area is 350 Å². The number of rotatable bonds is 8. The second kappa shape index (κ2) is 18.1. The molecule has 12 nitrogen and oxygen atoms in total. The summed E-state index contributed by atoms with van der Waals surface area (Å²) in [5.41, 5.74) is 12.4. The molecule has 4 aromatic carbocycles. The van der Waals surface area contributed by atoms with Crippen LogP contribution in [0.1, 0.15) is 48.8 Å². The Balaban J connectivity index is 0.000000176. The van der Waals surface area contributed by atoms with Crippen molar-refractivity contribution >= 4 is 39.3 Å². The molecule has 5 heterocycles. The summed E-state index contributed by atoms with van der Waals surface area (Å²) in [6.45, 7) is 7.45. The summed E-state index contributed by atoms with van der Waals surface area (Å²) in [7, 11) is 0. The molecule has 0 aliphatic carbocycles. The van der Waals surface area contributed by atoms with Gasteiger partial charge in [0.25, 0.3) is 0 Å². The van der Waals surface area contributed by atoms with Crippen LogP contribution < -0.4 is 20.9 Å². The van der Waals surface area contributed by atoms with E-state index in [-0.39, 0.29) is 29.5 Å². The van der Waals surface area contributed by atoms with Gasteiger partial charge in [-0.15, -0.1) is 0 Å². The van der Waals surface area contributed by atoms with Gasteiger partial charge in [0, 0.05) is 67.8 Å². The number of carbonyl (C=O) groups is 1. The Hall–Kier alpha value is -6.66. The van der Waals surface area contributed by atoms with Crippen molar-refractivity contribution in [1.82, 2.24) is 30.2 Å². The van der Waals surface area contributed by atoms with Crippen molar-refractivity contribution in [2.75, 3.05) is 36.0 Å². The molecule has 1 amide bonds. The Kier molecular flexibility index (Phi) is 12.1. The molecule has 0 radical (unpaired) electrons. The molecule has 60 heavy (non-hydrogen) atoms. The minimum atomic E-state index is 0.0807. The average molecular weight is 802 g/mol. The lowest BCUT2D eigenvalue weighted by Crippen LogP contribution is -2.45. The second-order valence-corrected chi connectivity index (χ2v) is 15.8. The lowest BCUT2D eigenvalue weighted by atomic mass is 10.0. The highest BCUT2D eigenvalue weighted by molar-refractivity contribution is 5.93. The van der Waals surface area contributed by atoms with E-state index in [2.05, 4.69) is 63.4 Å². The standard InChI is InChI=1S/C28H29N5O2.C20H22N4O/c1-19-8-10-22-24(17-19)31-27(23-6-2-3-7-25(23)34)32-28(22)33-15-12-21(13-16-33)30-26(35)11-9-20-5-4-14-29-18-20;1-13-6-7-15-17(12-13)22-19(16-4-2-3-5-18(16)25)23-20(15)24-10-8-14(21)9-11-24/h2-8,10,14,17-18,21,34H,9,11-13,15-16H2,1H3,(H,30,35);2-7,12,14,25H,8-11,21H2,1H3. The fourth-order valence-electron chi connectivity index (χ4n) is 7.94. The van der Waals surface area contributed by atoms with Crippen molar-refractivity contribution in [1.29, 1.82) is 0 Å². The summed E-state index contributed by atoms with van der Waals surface area (Å²) in [4.78, 5) is 40.3. The molecule has 9 rings (SSSR count). The van der Waals surface area contributed by atoms with E-state index < -0.39 is 0 Å². The van der Waals surface area contributed by atoms with E-state index in [1.165, 1.54) is 0 Å². The monoisotopic (exact) mass is 801 g/mol. The quantitative estimate of drug-likeness (QED) is 0.119. The van der Waals surface area contributed by atoms with Gasteiger partial charge >= 0.3 is 0 Å². The number of phenolic OH excluding ortho intramolecular Hbond substituents is 2. The number of anilines is 2. The van der Waals surface area contributed by atoms with Gasteiger partial charge in [0.2, 0.25) is 5.91 Å². The smallest absolute Gasteiger partial charge is 0.220 e. The number of amides is 1. The number of nitrogens with two attached hydrogens (primary N) is 1. The first-order valence-corrected chi connectivity index (χ1v) is 20.8. The van der Waals surface area contributed by atoms with Crippen LogP contribution in [0.25, 0.3) is 44.6 Å². The van der Waals surface area contributed by atoms with E-state index in [9.17, 15) is 15.0 Å². The highest BCUT2D eigenvalue weighted by atomic mass is 16.3. The van der Waals surface area contributed by atoms with Gasteiger partial charge in [0.1, 0.15) is 23.1 Å². The van der Waals surface area contributed by atoms with Crippen molar-refractivity contribution < 1.29 is 15.0 Å². The number of aryl methyl sites for hydroxylation is 3. The molecule has 0 spiro atoms. The van der Waals surface area contributed by atoms with E-state index in [4.69, 9.17) is 25.7 Å². The molecular weight excluding hydrogens is 751 g/mol. The maximum absolute atomic E-state index is 12.5. The predicted octanol–water partition coefficient (Wildman–Crippen LogP) is 7.66. The zero-order valence-corrected chi connectivity index (χ0v) is 34.1. The second-order valence-electron chi connectivity index (χ2n) is 15.8. The summed E-state index contributed by atoms with van der Waals surface area (Å²) >= 11 is 0. The number of nitrogens with zero attached hydrogens (tertiary/aromatic N) is 7. The van der Waals surface area contributed by atoms with Gasteiger partial charge in [-0.25, -0.2) is 19.9 Å². The predicted molar refractivity (Wildman–Crippen MR) is 238 cm³/mol. The van der Waals surface area contributed by atoms with Gasteiger partial charge in [0.05, 0.1) is 22.2 Å². The third-order valence-electron chi connectivity index (χ3n) is 11.3. The van der Waals surface area contributed by atoms with Crippen LogP contribution in [0.15, 0.2) is 109 Å². The zero-order valence-electron chi connectivity index (χ0n) is 34.1. The van der Waals surface area contributed by atoms with E-state index in [0.717, 1.165) is 102 Å². The summed E-state index contributed by atoms with van der Waals surface area (Å²) < 4.78 is 0. The molecule has 0 saturated carbocycles. The number of hydrogen-bond donors (Lipinski definition) is 4. The lowest BCUT2D eigenvalue weighted by Gasteiger charge is -2.34. The number of carbonyl (C=O) groups excluding carboxylic acids is 1. The first-order valence-electron chi connectivity index (χ1n) is 20.8. The third kappa shape index (κ3) is 9.29. The molecule has 2 aliphatic rings. The average Bonchev–Trinajstić information content (AvgIpc) is 3.26. The van der Waals surface area contributed by atoms with Crippen LogP contribution in [0, 0.1) is 13.8 Å². The Morgan fingerprint density at radius 2 is 1.20 bits per heavy atom. The molecule has 12 heteroatoms. The molecule has 2 saturated heterocycles. The van der Waals surface area contributed by atoms with Crippen molar-refractivity contribution in [3.63, 3.8) is 0 Å². The number of piperidine rings is 2. The molecule has 0 unspecified atom stereocenters. The Morgan fingerprint density at radius 3 is 1.70 bits per heavy atom. The van der Waals surface area contributed by atoms with Crippen LogP contribution in [0.5, 0.6) is 11.5 Å². The number of benzene rings is 4. The van der Waals surface area contributed by atoms with Crippen LogP contribution in [-0.4, -0.2) is 79.3 Å². The first kappa shape index (κ1) is 40.1. The number of aromatic nitrogens is 5. The van der Waals surface area contributed by atoms with Gasteiger partial charge < -0.3 is 31.1 Å². The number of aromatic hydroxyl groups is 2. The summed E-state index contributed by atoms with van der Waals surface area (Å²) in [6, 6.07) is 31.1. The SMILES string of the molecule is Cc1ccc2c(N3CCC(N)CC3)nc(-c3ccccc3O)nc2c1.Cc1ccc2c(N3CCC(NC(=O)CCc4cccnc4)CC3)nc(-c3ccccc3O)nc2c1. The number of nitrogens with one attached hydrogen (secondary N) is 1. The van der Waals surface area contributed by atoms with E-state index in [1.807, 2.05) is 49.5 Å². The van der Waals surface area contributed by atoms with Crippen molar-refractivity contribution in [2.45, 2.75) is 64.5 Å². The fraction of sp³-hybridized carbons (Fsp3) is 0.292. The van der Waals surface area contributed by atoms with Crippen LogP contribution in [0.2, 0.25) is 0 Å². The molecule has 7 aromatic rings. The Bertz CT molecular complexity index is 2610. The van der Waals surface area contributed by atoms with Gasteiger partial charge in [-0.05, 0) is 117 Å². The van der Waals surface area contributed by atoms with Gasteiger partial charge in [-0.1, -0.05) is 42.5 Å². The molecule has 2 aliphatic heterocycles. The largest absolute Gasteiger partial charge is 0.507 e. The van der Waals surface area contributed by atoms with Crippen LogP contribution in [0.4, 0.5) is 11.6 Å². The molecule has 5 N–H and O–H groups in total. The topological polar surface area (TPSA) is 167 Å². The fourth-order valence-corrected chi connectivity index (χ4v) is 7.94. The Morgan fingerprint density at radius 1 is 0.683 bits per heavy atom. The summed E-state index contributed by atoms with van der Waals surface area (Å²) in [5, 5.41) is 25.8. The van der Waals surface area contributed by atoms with E-state index >= 15 is 0 Å². The highest BCUT2D eigenvalue weighted by Gasteiger charge is 2.25. The van der Waals surface area contributed by atoms with E-state index in [0.29, 0.717) is 35.6 Å². The summed E-state index contributed by atoms with van der Waals surface area (Å²) in [6.07, 6.45) is 8.33. The van der Waals surface area contributed by atoms with Crippen molar-refractivity contribution in [3.8, 4) is 34.3 Å². The first-order chi connectivity index (χ1) is 29.2. The number of fused-ring (bicyclic) bond motifs is 2. The maximum Gasteiger partial charge on any atom is 0.220 e. The number of pyridine rings is 1.